The molecule has 0 radical (unpaired) electrons. The van der Waals surface area contributed by atoms with E-state index in [1.54, 1.807) is 0 Å². The quantitative estimate of drug-likeness (QED) is 0.882. The molecule has 1 heterocycles. The van der Waals surface area contributed by atoms with E-state index < -0.39 is 5.82 Å². The van der Waals surface area contributed by atoms with Crippen LogP contribution in [0.1, 0.15) is 25.0 Å². The van der Waals surface area contributed by atoms with Gasteiger partial charge in [-0.05, 0) is 31.5 Å². The summed E-state index contributed by atoms with van der Waals surface area (Å²) in [5.41, 5.74) is 1.68. The Kier molecular flexibility index (Phi) is 4.67. The molecule has 1 aromatic heterocycles. The van der Waals surface area contributed by atoms with Crippen LogP contribution < -0.4 is 10.6 Å². The number of aromatic nitrogens is 2. The molecule has 0 saturated heterocycles. The van der Waals surface area contributed by atoms with Gasteiger partial charge in [0.2, 0.25) is 0 Å². The average Bonchev–Trinajstić information content (AvgIpc) is 2.49. The lowest BCUT2D eigenvalue weighted by molar-refractivity contribution is 0.627. The molecule has 2 N–H and O–H groups in total. The van der Waals surface area contributed by atoms with Crippen molar-refractivity contribution in [2.75, 3.05) is 17.2 Å². The Morgan fingerprint density at radius 3 is 2.67 bits per heavy atom. The van der Waals surface area contributed by atoms with Gasteiger partial charge in [-0.2, -0.15) is 5.26 Å². The Labute approximate surface area is 122 Å². The molecule has 21 heavy (non-hydrogen) atoms. The Balaban J connectivity index is 2.40. The molecule has 0 fully saturated rings. The van der Waals surface area contributed by atoms with Crippen molar-refractivity contribution < 1.29 is 4.39 Å². The Bertz CT molecular complexity index is 678. The molecule has 0 amide bonds. The molecule has 5 nitrogen and oxygen atoms in total. The minimum atomic E-state index is -0.441. The van der Waals surface area contributed by atoms with Crippen LogP contribution in [0.4, 0.5) is 21.7 Å². The van der Waals surface area contributed by atoms with E-state index in [0.717, 1.165) is 24.3 Å². The van der Waals surface area contributed by atoms with Crippen molar-refractivity contribution in [2.24, 2.45) is 0 Å². The second kappa shape index (κ2) is 6.66. The molecule has 0 bridgehead atoms. The number of rotatable bonds is 5. The fourth-order valence-corrected chi connectivity index (χ4v) is 2.02. The lowest BCUT2D eigenvalue weighted by Gasteiger charge is -2.14. The van der Waals surface area contributed by atoms with Crippen molar-refractivity contribution in [3.63, 3.8) is 0 Å². The maximum atomic E-state index is 13.2. The minimum Gasteiger partial charge on any atom is -0.370 e. The molecule has 2 aromatic rings. The average molecular weight is 285 g/mol. The molecule has 0 aliphatic rings. The van der Waals surface area contributed by atoms with E-state index in [-0.39, 0.29) is 5.56 Å². The zero-order chi connectivity index (χ0) is 15.2. The monoisotopic (exact) mass is 285 g/mol. The third-order valence-electron chi connectivity index (χ3n) is 3.00. The first-order chi connectivity index (χ1) is 10.2. The zero-order valence-corrected chi connectivity index (χ0v) is 11.9. The first-order valence-electron chi connectivity index (χ1n) is 6.74. The van der Waals surface area contributed by atoms with E-state index in [2.05, 4.69) is 20.6 Å². The van der Waals surface area contributed by atoms with Gasteiger partial charge in [-0.25, -0.2) is 14.4 Å². The van der Waals surface area contributed by atoms with Crippen molar-refractivity contribution in [3.8, 4) is 6.07 Å². The molecular formula is C15H16FN5. The number of halogens is 1. The summed E-state index contributed by atoms with van der Waals surface area (Å²) < 4.78 is 13.2. The van der Waals surface area contributed by atoms with Crippen molar-refractivity contribution in [1.82, 2.24) is 9.97 Å². The van der Waals surface area contributed by atoms with E-state index in [1.165, 1.54) is 24.5 Å². The molecule has 2 rings (SSSR count). The minimum absolute atomic E-state index is 0.237. The van der Waals surface area contributed by atoms with Crippen molar-refractivity contribution in [2.45, 2.75) is 20.3 Å². The van der Waals surface area contributed by atoms with E-state index in [4.69, 9.17) is 5.26 Å². The summed E-state index contributed by atoms with van der Waals surface area (Å²) in [6.45, 7) is 4.74. The van der Waals surface area contributed by atoms with E-state index in [0.29, 0.717) is 11.5 Å². The number of anilines is 3. The zero-order valence-electron chi connectivity index (χ0n) is 11.9. The number of hydrogen-bond donors (Lipinski definition) is 2. The maximum absolute atomic E-state index is 13.2. The predicted octanol–water partition coefficient (Wildman–Crippen LogP) is 3.23. The highest BCUT2D eigenvalue weighted by molar-refractivity contribution is 5.69. The number of hydrogen-bond acceptors (Lipinski definition) is 5. The molecular weight excluding hydrogens is 269 g/mol. The van der Waals surface area contributed by atoms with Crippen LogP contribution in [0.25, 0.3) is 0 Å². The van der Waals surface area contributed by atoms with Gasteiger partial charge in [-0.15, -0.1) is 0 Å². The summed E-state index contributed by atoms with van der Waals surface area (Å²) in [6.07, 6.45) is 2.18. The van der Waals surface area contributed by atoms with E-state index in [9.17, 15) is 4.39 Å². The SMILES string of the molecule is CCNc1ncnc(Nc2ccc(F)cc2C#N)c1CC. The largest absolute Gasteiger partial charge is 0.370 e. The summed E-state index contributed by atoms with van der Waals surface area (Å²) in [6, 6.07) is 6.00. The van der Waals surface area contributed by atoms with E-state index in [1.807, 2.05) is 19.9 Å². The Morgan fingerprint density at radius 1 is 1.24 bits per heavy atom. The molecule has 0 unspecified atom stereocenters. The van der Waals surface area contributed by atoms with Gasteiger partial charge in [0.05, 0.1) is 11.3 Å². The summed E-state index contributed by atoms with van der Waals surface area (Å²) in [4.78, 5) is 8.43. The van der Waals surface area contributed by atoms with Gasteiger partial charge < -0.3 is 10.6 Å². The summed E-state index contributed by atoms with van der Waals surface area (Å²) in [5, 5.41) is 15.3. The molecule has 0 atom stereocenters. The number of nitriles is 1. The van der Waals surface area contributed by atoms with Crippen LogP contribution in [0, 0.1) is 17.1 Å². The van der Waals surface area contributed by atoms with Crippen LogP contribution in [-0.2, 0) is 6.42 Å². The predicted molar refractivity (Wildman–Crippen MR) is 80.0 cm³/mol. The van der Waals surface area contributed by atoms with Crippen LogP contribution in [-0.4, -0.2) is 16.5 Å². The second-order valence-electron chi connectivity index (χ2n) is 4.36. The third kappa shape index (κ3) is 3.26. The molecule has 0 spiro atoms. The molecule has 0 saturated carbocycles. The standard InChI is InChI=1S/C15H16FN5/c1-3-12-14(18-4-2)19-9-20-15(12)21-13-6-5-11(16)7-10(13)8-17/h5-7,9H,3-4H2,1-2H3,(H2,18,19,20,21). The van der Waals surface area contributed by atoms with Crippen molar-refractivity contribution in [1.29, 1.82) is 5.26 Å². The second-order valence-corrected chi connectivity index (χ2v) is 4.36. The molecule has 108 valence electrons. The molecule has 6 heteroatoms. The van der Waals surface area contributed by atoms with Crippen LogP contribution in [0.2, 0.25) is 0 Å². The molecule has 0 aliphatic heterocycles. The van der Waals surface area contributed by atoms with Gasteiger partial charge in [0.15, 0.2) is 0 Å². The van der Waals surface area contributed by atoms with Gasteiger partial charge in [-0.3, -0.25) is 0 Å². The van der Waals surface area contributed by atoms with Crippen molar-refractivity contribution >= 4 is 17.3 Å². The Morgan fingerprint density at radius 2 is 2.00 bits per heavy atom. The van der Waals surface area contributed by atoms with Crippen LogP contribution in [0.3, 0.4) is 0 Å². The van der Waals surface area contributed by atoms with Gasteiger partial charge in [0.1, 0.15) is 29.8 Å². The van der Waals surface area contributed by atoms with E-state index >= 15 is 0 Å². The Hall–Kier alpha value is -2.68. The lowest BCUT2D eigenvalue weighted by atomic mass is 10.1. The lowest BCUT2D eigenvalue weighted by Crippen LogP contribution is -2.08. The van der Waals surface area contributed by atoms with Gasteiger partial charge in [-0.1, -0.05) is 6.92 Å². The first-order valence-corrected chi connectivity index (χ1v) is 6.74. The van der Waals surface area contributed by atoms with Gasteiger partial charge in [0, 0.05) is 12.1 Å². The smallest absolute Gasteiger partial charge is 0.139 e. The number of nitrogens with one attached hydrogen (secondary N) is 2. The third-order valence-corrected chi connectivity index (χ3v) is 3.00. The number of benzene rings is 1. The normalized spacial score (nSPS) is 10.0. The van der Waals surface area contributed by atoms with Crippen LogP contribution >= 0.6 is 0 Å². The van der Waals surface area contributed by atoms with Gasteiger partial charge in [0.25, 0.3) is 0 Å². The molecule has 0 aliphatic carbocycles. The highest BCUT2D eigenvalue weighted by atomic mass is 19.1. The maximum Gasteiger partial charge on any atom is 0.139 e. The first kappa shape index (κ1) is 14.7. The van der Waals surface area contributed by atoms with Crippen LogP contribution in [0.5, 0.6) is 0 Å². The fourth-order valence-electron chi connectivity index (χ4n) is 2.02. The van der Waals surface area contributed by atoms with Crippen LogP contribution in [0.15, 0.2) is 24.5 Å². The highest BCUT2D eigenvalue weighted by Crippen LogP contribution is 2.26. The topological polar surface area (TPSA) is 73.6 Å². The number of nitrogens with zero attached hydrogens (tertiary/aromatic N) is 3. The summed E-state index contributed by atoms with van der Waals surface area (Å²) in [5.74, 6) is 0.938. The summed E-state index contributed by atoms with van der Waals surface area (Å²) in [7, 11) is 0. The van der Waals surface area contributed by atoms with Gasteiger partial charge >= 0.3 is 0 Å². The summed E-state index contributed by atoms with van der Waals surface area (Å²) >= 11 is 0. The van der Waals surface area contributed by atoms with Crippen molar-refractivity contribution in [3.05, 3.63) is 41.5 Å². The molecule has 1 aromatic carbocycles. The highest BCUT2D eigenvalue weighted by Gasteiger charge is 2.11. The fraction of sp³-hybridized carbons (Fsp3) is 0.267.